The van der Waals surface area contributed by atoms with E-state index < -0.39 is 30.4 Å². The van der Waals surface area contributed by atoms with Gasteiger partial charge in [-0.05, 0) is 43.7 Å². The largest absolute Gasteiger partial charge is 0.484 e. The Bertz CT molecular complexity index is 1150. The van der Waals surface area contributed by atoms with Gasteiger partial charge in [0.1, 0.15) is 12.4 Å². The standard InChI is InChI=1S/C22H21ClF4N4O/c1-3-4-19-12(2)30-22(31(19)28)29-10-14-6-5-13(7-17(14)24)16-8-15(23)9-18(25)21(16)32-11-20(26)27/h3-9,20H,10-11,28H2,1-2H3,(H,29,30)/b4-3-. The number of imidazole rings is 1. The minimum absolute atomic E-state index is 0.0233. The van der Waals surface area contributed by atoms with E-state index in [1.807, 2.05) is 13.0 Å². The summed E-state index contributed by atoms with van der Waals surface area (Å²) < 4.78 is 60.4. The Morgan fingerprint density at radius 1 is 1.22 bits per heavy atom. The highest BCUT2D eigenvalue weighted by Crippen LogP contribution is 2.36. The molecule has 5 nitrogen and oxygen atoms in total. The summed E-state index contributed by atoms with van der Waals surface area (Å²) in [4.78, 5) is 4.32. The Hall–Kier alpha value is -3.20. The average Bonchev–Trinajstić information content (AvgIpc) is 2.99. The van der Waals surface area contributed by atoms with Gasteiger partial charge in [-0.2, -0.15) is 0 Å². The van der Waals surface area contributed by atoms with Gasteiger partial charge in [0.05, 0.1) is 11.4 Å². The zero-order valence-electron chi connectivity index (χ0n) is 17.3. The third-order valence-electron chi connectivity index (χ3n) is 4.62. The highest BCUT2D eigenvalue weighted by molar-refractivity contribution is 6.31. The maximum Gasteiger partial charge on any atom is 0.272 e. The maximum atomic E-state index is 14.8. The molecule has 0 aliphatic carbocycles. The van der Waals surface area contributed by atoms with Crippen LogP contribution in [-0.4, -0.2) is 22.7 Å². The maximum absolute atomic E-state index is 14.8. The Morgan fingerprint density at radius 3 is 2.62 bits per heavy atom. The second-order valence-electron chi connectivity index (χ2n) is 6.90. The van der Waals surface area contributed by atoms with Crippen molar-refractivity contribution in [3.63, 3.8) is 0 Å². The van der Waals surface area contributed by atoms with Gasteiger partial charge < -0.3 is 15.9 Å². The smallest absolute Gasteiger partial charge is 0.272 e. The van der Waals surface area contributed by atoms with E-state index in [2.05, 4.69) is 10.3 Å². The Balaban J connectivity index is 1.86. The first-order chi connectivity index (χ1) is 15.2. The fraction of sp³-hybridized carbons (Fsp3) is 0.227. The number of ether oxygens (including phenoxy) is 1. The van der Waals surface area contributed by atoms with Crippen molar-refractivity contribution in [1.29, 1.82) is 0 Å². The predicted octanol–water partition coefficient (Wildman–Crippen LogP) is 5.79. The number of rotatable bonds is 8. The van der Waals surface area contributed by atoms with Gasteiger partial charge >= 0.3 is 0 Å². The van der Waals surface area contributed by atoms with Crippen LogP contribution in [0.15, 0.2) is 36.4 Å². The van der Waals surface area contributed by atoms with Crippen LogP contribution in [0, 0.1) is 18.6 Å². The van der Waals surface area contributed by atoms with Crippen LogP contribution in [-0.2, 0) is 6.54 Å². The number of aryl methyl sites for hydroxylation is 1. The lowest BCUT2D eigenvalue weighted by Crippen LogP contribution is -2.15. The first kappa shape index (κ1) is 23.5. The van der Waals surface area contributed by atoms with Gasteiger partial charge in [0, 0.05) is 22.7 Å². The number of allylic oxidation sites excluding steroid dienone is 1. The molecule has 2 aromatic carbocycles. The van der Waals surface area contributed by atoms with Gasteiger partial charge in [0.25, 0.3) is 6.43 Å². The van der Waals surface area contributed by atoms with Crippen molar-refractivity contribution in [3.8, 4) is 16.9 Å². The number of aromatic nitrogens is 2. The van der Waals surface area contributed by atoms with Gasteiger partial charge in [-0.3, -0.25) is 0 Å². The summed E-state index contributed by atoms with van der Waals surface area (Å²) in [6.45, 7) is 2.73. The zero-order valence-corrected chi connectivity index (χ0v) is 18.1. The molecule has 1 heterocycles. The van der Waals surface area contributed by atoms with E-state index in [1.54, 1.807) is 13.0 Å². The molecule has 32 heavy (non-hydrogen) atoms. The molecule has 0 amide bonds. The molecular formula is C22H21ClF4N4O. The molecule has 0 aliphatic heterocycles. The molecule has 0 atom stereocenters. The minimum atomic E-state index is -2.80. The fourth-order valence-corrected chi connectivity index (χ4v) is 3.35. The molecule has 0 fully saturated rings. The highest BCUT2D eigenvalue weighted by atomic mass is 35.5. The molecule has 0 saturated carbocycles. The quantitative estimate of drug-likeness (QED) is 0.324. The summed E-state index contributed by atoms with van der Waals surface area (Å²) in [5, 5.41) is 3.00. The number of hydrogen-bond acceptors (Lipinski definition) is 4. The number of alkyl halides is 2. The molecule has 0 unspecified atom stereocenters. The van der Waals surface area contributed by atoms with Crippen molar-refractivity contribution < 1.29 is 22.3 Å². The number of nitrogens with two attached hydrogens (primary N) is 1. The molecule has 0 bridgehead atoms. The van der Waals surface area contributed by atoms with Crippen LogP contribution in [0.3, 0.4) is 0 Å². The van der Waals surface area contributed by atoms with E-state index in [0.717, 1.165) is 12.1 Å². The number of nitrogens with one attached hydrogen (secondary N) is 1. The van der Waals surface area contributed by atoms with Gasteiger partial charge in [-0.1, -0.05) is 29.8 Å². The summed E-state index contributed by atoms with van der Waals surface area (Å²) in [5.41, 5.74) is 2.01. The lowest BCUT2D eigenvalue weighted by atomic mass is 10.0. The first-order valence-corrected chi connectivity index (χ1v) is 9.98. The zero-order chi connectivity index (χ0) is 23.4. The summed E-state index contributed by atoms with van der Waals surface area (Å²) in [7, 11) is 0. The molecule has 3 aromatic rings. The van der Waals surface area contributed by atoms with Crippen LogP contribution < -0.4 is 15.9 Å². The normalized spacial score (nSPS) is 11.5. The minimum Gasteiger partial charge on any atom is -0.484 e. The number of benzene rings is 2. The topological polar surface area (TPSA) is 65.1 Å². The van der Waals surface area contributed by atoms with E-state index in [0.29, 0.717) is 22.9 Å². The second-order valence-corrected chi connectivity index (χ2v) is 7.34. The molecule has 0 radical (unpaired) electrons. The third-order valence-corrected chi connectivity index (χ3v) is 4.84. The lowest BCUT2D eigenvalue weighted by Gasteiger charge is -2.14. The molecular weight excluding hydrogens is 448 g/mol. The highest BCUT2D eigenvalue weighted by Gasteiger charge is 2.18. The Kier molecular flexibility index (Phi) is 7.29. The Labute approximate surface area is 187 Å². The molecule has 0 saturated heterocycles. The number of nitrogen functional groups attached to an aromatic ring is 1. The number of hydrogen-bond donors (Lipinski definition) is 2. The first-order valence-electron chi connectivity index (χ1n) is 9.61. The molecule has 3 rings (SSSR count). The monoisotopic (exact) mass is 468 g/mol. The summed E-state index contributed by atoms with van der Waals surface area (Å²) >= 11 is 5.90. The van der Waals surface area contributed by atoms with Crippen LogP contribution in [0.25, 0.3) is 17.2 Å². The summed E-state index contributed by atoms with van der Waals surface area (Å²) in [6, 6.07) is 6.43. The van der Waals surface area contributed by atoms with Gasteiger partial charge in [-0.25, -0.2) is 27.2 Å². The second kappa shape index (κ2) is 9.95. The van der Waals surface area contributed by atoms with Crippen molar-refractivity contribution in [2.45, 2.75) is 26.8 Å². The lowest BCUT2D eigenvalue weighted by molar-refractivity contribution is 0.0802. The van der Waals surface area contributed by atoms with E-state index >= 15 is 0 Å². The van der Waals surface area contributed by atoms with Gasteiger partial charge in [-0.15, -0.1) is 0 Å². The third kappa shape index (κ3) is 5.16. The van der Waals surface area contributed by atoms with Crippen LogP contribution >= 0.6 is 11.6 Å². The molecule has 170 valence electrons. The Morgan fingerprint density at radius 2 is 1.97 bits per heavy atom. The van der Waals surface area contributed by atoms with E-state index in [4.69, 9.17) is 22.2 Å². The number of halogens is 5. The van der Waals surface area contributed by atoms with Crippen molar-refractivity contribution >= 4 is 23.6 Å². The average molecular weight is 469 g/mol. The molecule has 0 spiro atoms. The van der Waals surface area contributed by atoms with Crippen LogP contribution in [0.5, 0.6) is 5.75 Å². The van der Waals surface area contributed by atoms with Crippen molar-refractivity contribution in [3.05, 3.63) is 70.0 Å². The summed E-state index contributed by atoms with van der Waals surface area (Å²) in [5.74, 6) is 4.44. The van der Waals surface area contributed by atoms with E-state index in [-0.39, 0.29) is 22.7 Å². The van der Waals surface area contributed by atoms with Crippen LogP contribution in [0.1, 0.15) is 23.9 Å². The number of anilines is 1. The summed E-state index contributed by atoms with van der Waals surface area (Å²) in [6.07, 6.45) is 0.837. The van der Waals surface area contributed by atoms with E-state index in [9.17, 15) is 17.6 Å². The van der Waals surface area contributed by atoms with E-state index in [1.165, 1.54) is 22.9 Å². The van der Waals surface area contributed by atoms with Crippen LogP contribution in [0.4, 0.5) is 23.5 Å². The molecule has 1 aromatic heterocycles. The van der Waals surface area contributed by atoms with Gasteiger partial charge in [0.2, 0.25) is 5.95 Å². The van der Waals surface area contributed by atoms with Gasteiger partial charge in [0.15, 0.2) is 11.6 Å². The molecule has 3 N–H and O–H groups in total. The molecule has 10 heteroatoms. The SMILES string of the molecule is C/C=C\c1c(C)nc(NCc2ccc(-c3cc(Cl)cc(F)c3OCC(F)F)cc2F)n1N. The number of nitrogens with zero attached hydrogens (tertiary/aromatic N) is 2. The van der Waals surface area contributed by atoms with Crippen molar-refractivity contribution in [2.24, 2.45) is 0 Å². The van der Waals surface area contributed by atoms with Crippen molar-refractivity contribution in [2.75, 3.05) is 17.8 Å². The van der Waals surface area contributed by atoms with Crippen molar-refractivity contribution in [1.82, 2.24) is 9.66 Å². The predicted molar refractivity (Wildman–Crippen MR) is 117 cm³/mol. The van der Waals surface area contributed by atoms with Crippen LogP contribution in [0.2, 0.25) is 5.02 Å². The fourth-order valence-electron chi connectivity index (χ4n) is 3.14. The molecule has 0 aliphatic rings.